The number of amides is 1. The highest BCUT2D eigenvalue weighted by atomic mass is 32.2. The molecule has 2 unspecified atom stereocenters. The number of nitrogens with one attached hydrogen (secondary N) is 1. The van der Waals surface area contributed by atoms with Gasteiger partial charge in [0, 0.05) is 22.6 Å². The zero-order valence-corrected chi connectivity index (χ0v) is 11.8. The van der Waals surface area contributed by atoms with Gasteiger partial charge >= 0.3 is 5.97 Å². The van der Waals surface area contributed by atoms with Crippen molar-refractivity contribution in [3.8, 4) is 0 Å². The van der Waals surface area contributed by atoms with Crippen LogP contribution in [0.25, 0.3) is 0 Å². The Hall–Kier alpha value is -0.910. The summed E-state index contributed by atoms with van der Waals surface area (Å²) >= 11 is 0. The zero-order valence-electron chi connectivity index (χ0n) is 10.9. The SMILES string of the molecule is COC(=O)C(C)CS(=O)CC(=O)NC1CCCC1. The predicted molar refractivity (Wildman–Crippen MR) is 69.5 cm³/mol. The maximum absolute atomic E-state index is 11.7. The molecular formula is C12H21NO4S. The van der Waals surface area contributed by atoms with Crippen molar-refractivity contribution in [2.75, 3.05) is 18.6 Å². The van der Waals surface area contributed by atoms with Crippen LogP contribution >= 0.6 is 0 Å². The molecule has 1 rings (SSSR count). The van der Waals surface area contributed by atoms with E-state index in [9.17, 15) is 13.8 Å². The van der Waals surface area contributed by atoms with Gasteiger partial charge < -0.3 is 10.1 Å². The van der Waals surface area contributed by atoms with Gasteiger partial charge in [0.1, 0.15) is 5.75 Å². The van der Waals surface area contributed by atoms with E-state index in [1.807, 2.05) is 0 Å². The summed E-state index contributed by atoms with van der Waals surface area (Å²) in [5, 5.41) is 2.88. The van der Waals surface area contributed by atoms with Gasteiger partial charge in [0.05, 0.1) is 13.0 Å². The molecule has 1 aliphatic rings. The predicted octanol–water partition coefficient (Wildman–Crippen LogP) is 0.603. The van der Waals surface area contributed by atoms with Crippen LogP contribution in [0.2, 0.25) is 0 Å². The molecule has 0 spiro atoms. The molecule has 104 valence electrons. The monoisotopic (exact) mass is 275 g/mol. The van der Waals surface area contributed by atoms with Gasteiger partial charge in [-0.2, -0.15) is 0 Å². The largest absolute Gasteiger partial charge is 0.469 e. The summed E-state index contributed by atoms with van der Waals surface area (Å²) in [5.41, 5.74) is 0. The quantitative estimate of drug-likeness (QED) is 0.721. The summed E-state index contributed by atoms with van der Waals surface area (Å²) in [6, 6.07) is 0.243. The van der Waals surface area contributed by atoms with E-state index in [4.69, 9.17) is 0 Å². The molecule has 0 aromatic carbocycles. The van der Waals surface area contributed by atoms with Crippen LogP contribution in [-0.4, -0.2) is 40.7 Å². The Kier molecular flexibility index (Phi) is 6.32. The van der Waals surface area contributed by atoms with Gasteiger partial charge in [-0.3, -0.25) is 13.8 Å². The molecule has 1 N–H and O–H groups in total. The van der Waals surface area contributed by atoms with E-state index in [1.165, 1.54) is 7.11 Å². The molecule has 1 aliphatic carbocycles. The van der Waals surface area contributed by atoms with Crippen LogP contribution in [0.3, 0.4) is 0 Å². The number of ether oxygens (including phenoxy) is 1. The number of hydrogen-bond acceptors (Lipinski definition) is 4. The average Bonchev–Trinajstić information content (AvgIpc) is 2.79. The number of carbonyl (C=O) groups is 2. The number of esters is 1. The van der Waals surface area contributed by atoms with Crippen molar-refractivity contribution in [3.63, 3.8) is 0 Å². The molecule has 0 aliphatic heterocycles. The van der Waals surface area contributed by atoms with Crippen molar-refractivity contribution in [3.05, 3.63) is 0 Å². The van der Waals surface area contributed by atoms with E-state index in [0.717, 1.165) is 25.7 Å². The highest BCUT2D eigenvalue weighted by Gasteiger charge is 2.21. The third kappa shape index (κ3) is 5.16. The van der Waals surface area contributed by atoms with Crippen molar-refractivity contribution < 1.29 is 18.5 Å². The van der Waals surface area contributed by atoms with E-state index < -0.39 is 16.7 Å². The van der Waals surface area contributed by atoms with Crippen LogP contribution in [0.15, 0.2) is 0 Å². The average molecular weight is 275 g/mol. The van der Waals surface area contributed by atoms with Crippen LogP contribution in [0.5, 0.6) is 0 Å². The lowest BCUT2D eigenvalue weighted by Gasteiger charge is -2.12. The summed E-state index contributed by atoms with van der Waals surface area (Å²) in [4.78, 5) is 22.8. The van der Waals surface area contributed by atoms with E-state index in [0.29, 0.717) is 0 Å². The number of carbonyl (C=O) groups excluding carboxylic acids is 2. The van der Waals surface area contributed by atoms with E-state index in [1.54, 1.807) is 6.92 Å². The topological polar surface area (TPSA) is 72.5 Å². The Morgan fingerprint density at radius 1 is 1.39 bits per heavy atom. The molecule has 5 nitrogen and oxygen atoms in total. The zero-order chi connectivity index (χ0) is 13.5. The summed E-state index contributed by atoms with van der Waals surface area (Å²) in [5.74, 6) is -0.866. The lowest BCUT2D eigenvalue weighted by Crippen LogP contribution is -2.36. The summed E-state index contributed by atoms with van der Waals surface area (Å²) in [6.45, 7) is 1.65. The molecule has 0 aromatic rings. The first-order chi connectivity index (χ1) is 8.52. The molecule has 0 heterocycles. The van der Waals surface area contributed by atoms with Crippen molar-refractivity contribution in [2.24, 2.45) is 5.92 Å². The second-order valence-electron chi connectivity index (χ2n) is 4.72. The highest BCUT2D eigenvalue weighted by Crippen LogP contribution is 2.17. The third-order valence-electron chi connectivity index (χ3n) is 3.05. The standard InChI is InChI=1S/C12H21NO4S/c1-9(12(15)17-2)7-18(16)8-11(14)13-10-5-3-4-6-10/h9-10H,3-8H2,1-2H3,(H,13,14). The molecule has 6 heteroatoms. The first kappa shape index (κ1) is 15.1. The molecular weight excluding hydrogens is 254 g/mol. The fourth-order valence-corrected chi connectivity index (χ4v) is 3.28. The van der Waals surface area contributed by atoms with Crippen molar-refractivity contribution in [1.29, 1.82) is 0 Å². The van der Waals surface area contributed by atoms with Gasteiger partial charge in [-0.15, -0.1) is 0 Å². The minimum absolute atomic E-state index is 0.0299. The lowest BCUT2D eigenvalue weighted by molar-refractivity contribution is -0.144. The van der Waals surface area contributed by atoms with Crippen molar-refractivity contribution in [2.45, 2.75) is 38.6 Å². The number of methoxy groups -OCH3 is 1. The van der Waals surface area contributed by atoms with Crippen molar-refractivity contribution >= 4 is 22.7 Å². The summed E-state index contributed by atoms with van der Waals surface area (Å²) < 4.78 is 16.3. The fourth-order valence-electron chi connectivity index (χ4n) is 2.09. The van der Waals surface area contributed by atoms with Crippen LogP contribution in [0.1, 0.15) is 32.6 Å². The van der Waals surface area contributed by atoms with Crippen LogP contribution in [0, 0.1) is 5.92 Å². The summed E-state index contributed by atoms with van der Waals surface area (Å²) in [6.07, 6.45) is 4.31. The van der Waals surface area contributed by atoms with Gasteiger partial charge in [-0.05, 0) is 12.8 Å². The number of rotatable bonds is 6. The lowest BCUT2D eigenvalue weighted by atomic mass is 10.2. The highest BCUT2D eigenvalue weighted by molar-refractivity contribution is 7.85. The molecule has 2 atom stereocenters. The minimum Gasteiger partial charge on any atom is -0.469 e. The first-order valence-electron chi connectivity index (χ1n) is 6.25. The van der Waals surface area contributed by atoms with Gasteiger partial charge in [0.2, 0.25) is 5.91 Å². The second-order valence-corrected chi connectivity index (χ2v) is 6.23. The minimum atomic E-state index is -1.32. The van der Waals surface area contributed by atoms with Crippen molar-refractivity contribution in [1.82, 2.24) is 5.32 Å². The summed E-state index contributed by atoms with van der Waals surface area (Å²) in [7, 11) is -0.0151. The molecule has 0 saturated heterocycles. The molecule has 0 radical (unpaired) electrons. The van der Waals surface area contributed by atoms with Gasteiger partial charge in [0.15, 0.2) is 0 Å². The van der Waals surface area contributed by atoms with Crippen LogP contribution in [-0.2, 0) is 25.1 Å². The van der Waals surface area contributed by atoms with Crippen LogP contribution in [0.4, 0.5) is 0 Å². The Bertz CT molecular complexity index is 326. The molecule has 1 amide bonds. The number of hydrogen-bond donors (Lipinski definition) is 1. The fraction of sp³-hybridized carbons (Fsp3) is 0.833. The van der Waals surface area contributed by atoms with Gasteiger partial charge in [-0.1, -0.05) is 19.8 Å². The Balaban J connectivity index is 2.26. The van der Waals surface area contributed by atoms with Crippen LogP contribution < -0.4 is 5.32 Å². The Morgan fingerprint density at radius 3 is 2.56 bits per heavy atom. The van der Waals surface area contributed by atoms with Gasteiger partial charge in [-0.25, -0.2) is 0 Å². The first-order valence-corrected chi connectivity index (χ1v) is 7.74. The Labute approximate surface area is 110 Å². The maximum Gasteiger partial charge on any atom is 0.309 e. The second kappa shape index (κ2) is 7.51. The molecule has 1 fully saturated rings. The molecule has 1 saturated carbocycles. The normalized spacial score (nSPS) is 19.2. The molecule has 0 aromatic heterocycles. The van der Waals surface area contributed by atoms with Gasteiger partial charge in [0.25, 0.3) is 0 Å². The van der Waals surface area contributed by atoms with E-state index >= 15 is 0 Å². The maximum atomic E-state index is 11.7. The van der Waals surface area contributed by atoms with E-state index in [2.05, 4.69) is 10.1 Å². The third-order valence-corrected chi connectivity index (χ3v) is 4.51. The van der Waals surface area contributed by atoms with E-state index in [-0.39, 0.29) is 29.4 Å². The molecule has 18 heavy (non-hydrogen) atoms. The smallest absolute Gasteiger partial charge is 0.309 e. The molecule has 0 bridgehead atoms. The Morgan fingerprint density at radius 2 is 2.00 bits per heavy atom.